The number of hydrogen-bond donors (Lipinski definition) is 0. The van der Waals surface area contributed by atoms with Crippen LogP contribution in [0.25, 0.3) is 6.08 Å². The highest BCUT2D eigenvalue weighted by Gasteiger charge is 2.20. The molecule has 4 nitrogen and oxygen atoms in total. The molecule has 0 aliphatic heterocycles. The summed E-state index contributed by atoms with van der Waals surface area (Å²) in [5.41, 5.74) is 2.40. The van der Waals surface area contributed by atoms with Gasteiger partial charge in [0.15, 0.2) is 0 Å². The van der Waals surface area contributed by atoms with Gasteiger partial charge in [-0.3, -0.25) is 0 Å². The molecule has 0 aliphatic rings. The molecule has 146 valence electrons. The number of halogens is 1. The fraction of sp³-hybridized carbons (Fsp3) is 0.0870. The second-order valence-electron chi connectivity index (χ2n) is 6.39. The van der Waals surface area contributed by atoms with Gasteiger partial charge in [-0.2, -0.15) is 5.26 Å². The van der Waals surface area contributed by atoms with E-state index in [0.717, 1.165) is 11.1 Å². The van der Waals surface area contributed by atoms with E-state index in [1.807, 2.05) is 25.1 Å². The first kappa shape index (κ1) is 20.7. The largest absolute Gasteiger partial charge is 0.489 e. The van der Waals surface area contributed by atoms with Crippen LogP contribution >= 0.6 is 11.6 Å². The zero-order chi connectivity index (χ0) is 20.9. The first-order valence-corrected chi connectivity index (χ1v) is 10.7. The van der Waals surface area contributed by atoms with Crippen LogP contribution in [0.5, 0.6) is 5.75 Å². The maximum absolute atomic E-state index is 12.7. The van der Waals surface area contributed by atoms with E-state index in [9.17, 15) is 13.7 Å². The Morgan fingerprint density at radius 1 is 1.03 bits per heavy atom. The van der Waals surface area contributed by atoms with Crippen molar-refractivity contribution in [2.45, 2.75) is 18.4 Å². The number of rotatable bonds is 6. The molecule has 0 saturated heterocycles. The molecule has 0 unspecified atom stereocenters. The topological polar surface area (TPSA) is 67.2 Å². The number of allylic oxidation sites excluding steroid dienone is 1. The van der Waals surface area contributed by atoms with Gasteiger partial charge in [-0.15, -0.1) is 0 Å². The van der Waals surface area contributed by atoms with Crippen molar-refractivity contribution in [3.63, 3.8) is 0 Å². The van der Waals surface area contributed by atoms with Crippen molar-refractivity contribution < 1.29 is 13.2 Å². The fourth-order valence-electron chi connectivity index (χ4n) is 2.60. The van der Waals surface area contributed by atoms with E-state index in [1.54, 1.807) is 48.5 Å². The lowest BCUT2D eigenvalue weighted by Crippen LogP contribution is -2.03. The molecule has 0 aliphatic carbocycles. The lowest BCUT2D eigenvalue weighted by Gasteiger charge is -2.08. The van der Waals surface area contributed by atoms with Crippen molar-refractivity contribution in [3.05, 3.63) is 99.4 Å². The molecular formula is C23H18ClNO3S. The van der Waals surface area contributed by atoms with Gasteiger partial charge in [-0.05, 0) is 48.9 Å². The van der Waals surface area contributed by atoms with Crippen LogP contribution in [0, 0.1) is 18.3 Å². The highest BCUT2D eigenvalue weighted by atomic mass is 35.5. The molecule has 0 aromatic heterocycles. The average molecular weight is 424 g/mol. The van der Waals surface area contributed by atoms with Gasteiger partial charge in [0.05, 0.1) is 4.90 Å². The Balaban J connectivity index is 1.77. The summed E-state index contributed by atoms with van der Waals surface area (Å²) in [6.07, 6.45) is 1.35. The number of benzene rings is 3. The van der Waals surface area contributed by atoms with Crippen molar-refractivity contribution in [1.29, 1.82) is 5.26 Å². The van der Waals surface area contributed by atoms with Crippen LogP contribution in [0.4, 0.5) is 0 Å². The summed E-state index contributed by atoms with van der Waals surface area (Å²) in [4.78, 5) is -0.221. The van der Waals surface area contributed by atoms with Crippen molar-refractivity contribution in [2.75, 3.05) is 0 Å². The van der Waals surface area contributed by atoms with E-state index in [0.29, 0.717) is 22.9 Å². The normalized spacial score (nSPS) is 11.7. The van der Waals surface area contributed by atoms with Crippen LogP contribution < -0.4 is 4.74 Å². The van der Waals surface area contributed by atoms with Gasteiger partial charge >= 0.3 is 0 Å². The van der Waals surface area contributed by atoms with E-state index in [1.165, 1.54) is 18.2 Å². The molecule has 0 saturated carbocycles. The average Bonchev–Trinajstić information content (AvgIpc) is 2.72. The molecule has 3 aromatic rings. The molecule has 0 amide bonds. The Morgan fingerprint density at radius 2 is 1.69 bits per heavy atom. The Kier molecular flexibility index (Phi) is 6.38. The number of nitriles is 1. The van der Waals surface area contributed by atoms with Gasteiger partial charge in [0.25, 0.3) is 0 Å². The Bertz CT molecular complexity index is 1180. The van der Waals surface area contributed by atoms with Crippen LogP contribution in [0.15, 0.2) is 82.6 Å². The van der Waals surface area contributed by atoms with Gasteiger partial charge in [0, 0.05) is 10.6 Å². The summed E-state index contributed by atoms with van der Waals surface area (Å²) in [5, 5.41) is 10.0. The monoisotopic (exact) mass is 423 g/mol. The van der Waals surface area contributed by atoms with Crippen LogP contribution in [0.1, 0.15) is 16.7 Å². The summed E-state index contributed by atoms with van der Waals surface area (Å²) >= 11 is 6.12. The first-order valence-electron chi connectivity index (χ1n) is 8.80. The van der Waals surface area contributed by atoms with Gasteiger partial charge in [-0.25, -0.2) is 8.42 Å². The van der Waals surface area contributed by atoms with Crippen LogP contribution in [-0.4, -0.2) is 8.42 Å². The predicted molar refractivity (Wildman–Crippen MR) is 114 cm³/mol. The molecule has 0 fully saturated rings. The second kappa shape index (κ2) is 8.95. The van der Waals surface area contributed by atoms with Crippen molar-refractivity contribution in [1.82, 2.24) is 0 Å². The number of sulfone groups is 1. The van der Waals surface area contributed by atoms with E-state index in [2.05, 4.69) is 0 Å². The summed E-state index contributed by atoms with van der Waals surface area (Å²) in [6, 6.07) is 22.5. The quantitative estimate of drug-likeness (QED) is 0.486. The lowest BCUT2D eigenvalue weighted by molar-refractivity contribution is 0.306. The molecule has 0 atom stereocenters. The fourth-order valence-corrected chi connectivity index (χ4v) is 3.95. The number of nitrogens with zero attached hydrogens (tertiary/aromatic N) is 1. The summed E-state index contributed by atoms with van der Waals surface area (Å²) in [6.45, 7) is 2.19. The molecule has 0 heterocycles. The molecule has 3 aromatic carbocycles. The minimum absolute atomic E-state index is 0.0931. The number of ether oxygens (including phenoxy) is 1. The SMILES string of the molecule is Cc1ccc(S(=O)(=O)C(C#N)=Cc2ccc(OCc3ccccc3Cl)cc2)cc1. The maximum atomic E-state index is 12.7. The van der Waals surface area contributed by atoms with Crippen LogP contribution in [0.3, 0.4) is 0 Å². The van der Waals surface area contributed by atoms with Crippen LogP contribution in [0.2, 0.25) is 5.02 Å². The maximum Gasteiger partial charge on any atom is 0.216 e. The second-order valence-corrected chi connectivity index (χ2v) is 8.71. The molecule has 0 spiro atoms. The highest BCUT2D eigenvalue weighted by molar-refractivity contribution is 7.95. The summed E-state index contributed by atoms with van der Waals surface area (Å²) in [7, 11) is -3.87. The first-order chi connectivity index (χ1) is 13.9. The molecule has 29 heavy (non-hydrogen) atoms. The zero-order valence-corrected chi connectivity index (χ0v) is 17.2. The predicted octanol–water partition coefficient (Wildman–Crippen LogP) is 5.57. The van der Waals surface area contributed by atoms with Crippen molar-refractivity contribution >= 4 is 27.5 Å². The van der Waals surface area contributed by atoms with E-state index >= 15 is 0 Å². The minimum Gasteiger partial charge on any atom is -0.489 e. The molecule has 0 bridgehead atoms. The third-order valence-electron chi connectivity index (χ3n) is 4.26. The third-order valence-corrected chi connectivity index (χ3v) is 6.31. The zero-order valence-electron chi connectivity index (χ0n) is 15.7. The number of aryl methyl sites for hydroxylation is 1. The van der Waals surface area contributed by atoms with E-state index in [-0.39, 0.29) is 9.80 Å². The molecule has 3 rings (SSSR count). The molecular weight excluding hydrogens is 406 g/mol. The Hall–Kier alpha value is -3.07. The molecule has 0 N–H and O–H groups in total. The minimum atomic E-state index is -3.87. The molecule has 6 heteroatoms. The van der Waals surface area contributed by atoms with Gasteiger partial charge in [0.1, 0.15) is 23.3 Å². The Morgan fingerprint density at radius 3 is 2.31 bits per heavy atom. The standard InChI is InChI=1S/C23H18ClNO3S/c1-17-6-12-21(13-7-17)29(26,27)22(15-25)14-18-8-10-20(11-9-18)28-16-19-4-2-3-5-23(19)24/h2-14H,16H2,1H3. The van der Waals surface area contributed by atoms with Gasteiger partial charge < -0.3 is 4.74 Å². The Labute approximate surface area is 175 Å². The smallest absolute Gasteiger partial charge is 0.216 e. The third kappa shape index (κ3) is 5.05. The highest BCUT2D eigenvalue weighted by Crippen LogP contribution is 2.23. The van der Waals surface area contributed by atoms with E-state index < -0.39 is 9.84 Å². The van der Waals surface area contributed by atoms with Crippen LogP contribution in [-0.2, 0) is 16.4 Å². The molecule has 0 radical (unpaired) electrons. The van der Waals surface area contributed by atoms with Crippen molar-refractivity contribution in [3.8, 4) is 11.8 Å². The number of hydrogen-bond acceptors (Lipinski definition) is 4. The van der Waals surface area contributed by atoms with Crippen molar-refractivity contribution in [2.24, 2.45) is 0 Å². The summed E-state index contributed by atoms with van der Waals surface area (Å²) < 4.78 is 31.1. The van der Waals surface area contributed by atoms with Gasteiger partial charge in [0.2, 0.25) is 9.84 Å². The van der Waals surface area contributed by atoms with Gasteiger partial charge in [-0.1, -0.05) is 59.6 Å². The summed E-state index contributed by atoms with van der Waals surface area (Å²) in [5.74, 6) is 0.613. The van der Waals surface area contributed by atoms with E-state index in [4.69, 9.17) is 16.3 Å². The lowest BCUT2D eigenvalue weighted by atomic mass is 10.2.